The minimum absolute atomic E-state index is 0.161. The molecule has 17 heavy (non-hydrogen) atoms. The highest BCUT2D eigenvalue weighted by molar-refractivity contribution is 5.20. The van der Waals surface area contributed by atoms with E-state index in [2.05, 4.69) is 13.8 Å². The zero-order valence-electron chi connectivity index (χ0n) is 10.7. The third-order valence-electron chi connectivity index (χ3n) is 4.22. The first-order chi connectivity index (χ1) is 7.99. The molecule has 2 N–H and O–H groups in total. The largest absolute Gasteiger partial charge is 0.325 e. The fourth-order valence-electron chi connectivity index (χ4n) is 3.05. The average molecular weight is 235 g/mol. The maximum Gasteiger partial charge on any atom is 0.123 e. The summed E-state index contributed by atoms with van der Waals surface area (Å²) in [6.07, 6.45) is 4.29. The van der Waals surface area contributed by atoms with Crippen LogP contribution in [0.15, 0.2) is 24.3 Å². The maximum absolute atomic E-state index is 13.2. The summed E-state index contributed by atoms with van der Waals surface area (Å²) in [5, 5.41) is 0. The van der Waals surface area contributed by atoms with Gasteiger partial charge in [-0.15, -0.1) is 0 Å². The van der Waals surface area contributed by atoms with Crippen LogP contribution in [0, 0.1) is 17.7 Å². The number of benzene rings is 1. The van der Waals surface area contributed by atoms with Crippen molar-refractivity contribution in [3.05, 3.63) is 35.6 Å². The van der Waals surface area contributed by atoms with Crippen molar-refractivity contribution in [2.24, 2.45) is 17.6 Å². The molecule has 0 bridgehead atoms. The molecule has 1 aromatic carbocycles. The first-order valence-electron chi connectivity index (χ1n) is 6.53. The predicted molar refractivity (Wildman–Crippen MR) is 69.2 cm³/mol. The third kappa shape index (κ3) is 2.86. The smallest absolute Gasteiger partial charge is 0.123 e. The second-order valence-corrected chi connectivity index (χ2v) is 5.83. The highest BCUT2D eigenvalue weighted by Gasteiger charge is 2.37. The Morgan fingerprint density at radius 3 is 2.82 bits per heavy atom. The fourth-order valence-corrected chi connectivity index (χ4v) is 3.05. The molecule has 0 aromatic heterocycles. The van der Waals surface area contributed by atoms with Gasteiger partial charge in [0.2, 0.25) is 0 Å². The average Bonchev–Trinajstić information content (AvgIpc) is 2.24. The maximum atomic E-state index is 13.2. The normalized spacial score (nSPS) is 33.6. The summed E-state index contributed by atoms with van der Waals surface area (Å²) in [6, 6.07) is 6.84. The van der Waals surface area contributed by atoms with Gasteiger partial charge in [-0.1, -0.05) is 32.4 Å². The molecule has 1 fully saturated rings. The molecule has 0 aliphatic heterocycles. The van der Waals surface area contributed by atoms with Crippen molar-refractivity contribution in [3.63, 3.8) is 0 Å². The zero-order chi connectivity index (χ0) is 12.5. The van der Waals surface area contributed by atoms with Crippen LogP contribution in [0.3, 0.4) is 0 Å². The molecule has 1 aliphatic carbocycles. The van der Waals surface area contributed by atoms with Crippen LogP contribution in [-0.4, -0.2) is 5.54 Å². The van der Waals surface area contributed by atoms with Crippen molar-refractivity contribution in [2.45, 2.75) is 45.1 Å². The molecule has 2 heteroatoms. The van der Waals surface area contributed by atoms with Crippen LogP contribution in [0.2, 0.25) is 0 Å². The van der Waals surface area contributed by atoms with E-state index in [9.17, 15) is 4.39 Å². The van der Waals surface area contributed by atoms with Gasteiger partial charge in [-0.05, 0) is 48.8 Å². The molecule has 1 nitrogen and oxygen atoms in total. The molecular formula is C15H22FN. The van der Waals surface area contributed by atoms with Crippen molar-refractivity contribution in [1.82, 2.24) is 0 Å². The van der Waals surface area contributed by atoms with Crippen molar-refractivity contribution >= 4 is 0 Å². The van der Waals surface area contributed by atoms with E-state index in [1.165, 1.54) is 18.9 Å². The van der Waals surface area contributed by atoms with Crippen molar-refractivity contribution in [1.29, 1.82) is 0 Å². The van der Waals surface area contributed by atoms with Crippen LogP contribution in [0.25, 0.3) is 0 Å². The van der Waals surface area contributed by atoms with Crippen LogP contribution in [0.1, 0.15) is 38.7 Å². The van der Waals surface area contributed by atoms with E-state index in [1.807, 2.05) is 6.07 Å². The van der Waals surface area contributed by atoms with Gasteiger partial charge in [0.25, 0.3) is 0 Å². The van der Waals surface area contributed by atoms with Crippen LogP contribution >= 0.6 is 0 Å². The van der Waals surface area contributed by atoms with E-state index in [0.717, 1.165) is 18.4 Å². The summed E-state index contributed by atoms with van der Waals surface area (Å²) in [5.74, 6) is 1.04. The lowest BCUT2D eigenvalue weighted by Gasteiger charge is -2.42. The van der Waals surface area contributed by atoms with E-state index < -0.39 is 0 Å². The highest BCUT2D eigenvalue weighted by Crippen LogP contribution is 2.37. The molecule has 0 saturated heterocycles. The van der Waals surface area contributed by atoms with Crippen molar-refractivity contribution in [3.8, 4) is 0 Å². The Morgan fingerprint density at radius 1 is 1.35 bits per heavy atom. The number of hydrogen-bond donors (Lipinski definition) is 1. The van der Waals surface area contributed by atoms with E-state index in [-0.39, 0.29) is 11.4 Å². The Labute approximate surface area is 103 Å². The minimum atomic E-state index is -0.164. The van der Waals surface area contributed by atoms with Gasteiger partial charge >= 0.3 is 0 Å². The summed E-state index contributed by atoms with van der Waals surface area (Å²) in [4.78, 5) is 0. The third-order valence-corrected chi connectivity index (χ3v) is 4.22. The van der Waals surface area contributed by atoms with Gasteiger partial charge in [0.15, 0.2) is 0 Å². The predicted octanol–water partition coefficient (Wildman–Crippen LogP) is 3.52. The van der Waals surface area contributed by atoms with Gasteiger partial charge < -0.3 is 5.73 Å². The van der Waals surface area contributed by atoms with Crippen molar-refractivity contribution < 1.29 is 4.39 Å². The molecule has 0 heterocycles. The minimum Gasteiger partial charge on any atom is -0.325 e. The Morgan fingerprint density at radius 2 is 2.12 bits per heavy atom. The van der Waals surface area contributed by atoms with Crippen LogP contribution in [0.5, 0.6) is 0 Å². The summed E-state index contributed by atoms with van der Waals surface area (Å²) in [6.45, 7) is 4.49. The van der Waals surface area contributed by atoms with E-state index >= 15 is 0 Å². The molecule has 3 atom stereocenters. The Bertz CT molecular complexity index is 390. The molecule has 1 aromatic rings. The van der Waals surface area contributed by atoms with Gasteiger partial charge in [0.05, 0.1) is 0 Å². The van der Waals surface area contributed by atoms with Gasteiger partial charge in [-0.3, -0.25) is 0 Å². The lowest BCUT2D eigenvalue weighted by Crippen LogP contribution is -2.51. The summed E-state index contributed by atoms with van der Waals surface area (Å²) >= 11 is 0. The lowest BCUT2D eigenvalue weighted by atomic mass is 9.68. The molecule has 0 spiro atoms. The van der Waals surface area contributed by atoms with E-state index in [0.29, 0.717) is 11.8 Å². The van der Waals surface area contributed by atoms with Gasteiger partial charge in [-0.2, -0.15) is 0 Å². The lowest BCUT2D eigenvalue weighted by molar-refractivity contribution is 0.161. The second-order valence-electron chi connectivity index (χ2n) is 5.83. The molecule has 0 radical (unpaired) electrons. The number of hydrogen-bond acceptors (Lipinski definition) is 1. The monoisotopic (exact) mass is 235 g/mol. The first kappa shape index (κ1) is 12.6. The second kappa shape index (κ2) is 4.77. The fraction of sp³-hybridized carbons (Fsp3) is 0.600. The molecule has 1 saturated carbocycles. The first-order valence-corrected chi connectivity index (χ1v) is 6.53. The summed E-state index contributed by atoms with van der Waals surface area (Å²) in [7, 11) is 0. The highest BCUT2D eigenvalue weighted by atomic mass is 19.1. The van der Waals surface area contributed by atoms with Gasteiger partial charge in [0.1, 0.15) is 5.82 Å². The molecular weight excluding hydrogens is 213 g/mol. The number of nitrogens with two attached hydrogens (primary N) is 1. The zero-order valence-corrected chi connectivity index (χ0v) is 10.7. The molecule has 0 amide bonds. The molecule has 1 aliphatic rings. The Balaban J connectivity index is 2.15. The van der Waals surface area contributed by atoms with E-state index in [4.69, 9.17) is 5.73 Å². The van der Waals surface area contributed by atoms with Crippen LogP contribution in [-0.2, 0) is 6.42 Å². The standard InChI is InChI=1S/C15H22FN/c1-11-6-7-12(2)15(17,9-11)10-13-4-3-5-14(16)8-13/h3-5,8,11-12H,6-7,9-10,17H2,1-2H3. The van der Waals surface area contributed by atoms with Crippen LogP contribution < -0.4 is 5.73 Å². The van der Waals surface area contributed by atoms with Gasteiger partial charge in [-0.25, -0.2) is 4.39 Å². The molecule has 2 rings (SSSR count). The number of halogens is 1. The summed E-state index contributed by atoms with van der Waals surface area (Å²) < 4.78 is 13.2. The quantitative estimate of drug-likeness (QED) is 0.834. The topological polar surface area (TPSA) is 26.0 Å². The molecule has 3 unspecified atom stereocenters. The number of rotatable bonds is 2. The Hall–Kier alpha value is -0.890. The summed E-state index contributed by atoms with van der Waals surface area (Å²) in [5.41, 5.74) is 7.41. The SMILES string of the molecule is CC1CCC(C)C(N)(Cc2cccc(F)c2)C1. The van der Waals surface area contributed by atoms with Crippen LogP contribution in [0.4, 0.5) is 4.39 Å². The van der Waals surface area contributed by atoms with Crippen molar-refractivity contribution in [2.75, 3.05) is 0 Å². The van der Waals surface area contributed by atoms with Gasteiger partial charge in [0, 0.05) is 5.54 Å². The molecule has 94 valence electrons. The Kier molecular flexibility index (Phi) is 3.53. The van der Waals surface area contributed by atoms with E-state index in [1.54, 1.807) is 12.1 Å².